The second-order valence-electron chi connectivity index (χ2n) is 4.78. The van der Waals surface area contributed by atoms with E-state index in [4.69, 9.17) is 9.47 Å². The maximum absolute atomic E-state index is 5.62. The van der Waals surface area contributed by atoms with Crippen LogP contribution in [-0.4, -0.2) is 13.7 Å². The SMILES string of the molecule is CCOc1cc(CNC(CC)c2cccs2)ccc1OC. The fourth-order valence-electron chi connectivity index (χ4n) is 2.28. The first-order valence-corrected chi connectivity index (χ1v) is 8.22. The Bertz CT molecular complexity index is 540. The first kappa shape index (κ1) is 15.9. The van der Waals surface area contributed by atoms with Crippen molar-refractivity contribution in [3.05, 3.63) is 46.2 Å². The van der Waals surface area contributed by atoms with Crippen LogP contribution in [0.4, 0.5) is 0 Å². The molecule has 2 rings (SSSR count). The van der Waals surface area contributed by atoms with Gasteiger partial charge in [0.05, 0.1) is 13.7 Å². The zero-order valence-corrected chi connectivity index (χ0v) is 13.7. The Morgan fingerprint density at radius 2 is 2.05 bits per heavy atom. The Labute approximate surface area is 130 Å². The molecule has 1 N–H and O–H groups in total. The van der Waals surface area contributed by atoms with Crippen LogP contribution in [0.5, 0.6) is 11.5 Å². The van der Waals surface area contributed by atoms with E-state index in [1.165, 1.54) is 10.4 Å². The second-order valence-corrected chi connectivity index (χ2v) is 5.75. The summed E-state index contributed by atoms with van der Waals surface area (Å²) < 4.78 is 10.9. The van der Waals surface area contributed by atoms with Crippen molar-refractivity contribution in [2.45, 2.75) is 32.9 Å². The van der Waals surface area contributed by atoms with Gasteiger partial charge in [-0.25, -0.2) is 0 Å². The van der Waals surface area contributed by atoms with E-state index in [-0.39, 0.29) is 0 Å². The number of ether oxygens (including phenoxy) is 2. The summed E-state index contributed by atoms with van der Waals surface area (Å²) in [5.41, 5.74) is 1.20. The Balaban J connectivity index is 2.03. The summed E-state index contributed by atoms with van der Waals surface area (Å²) in [5.74, 6) is 1.59. The number of rotatable bonds is 8. The molecule has 0 spiro atoms. The summed E-state index contributed by atoms with van der Waals surface area (Å²) in [4.78, 5) is 1.39. The van der Waals surface area contributed by atoms with Gasteiger partial charge in [-0.1, -0.05) is 19.1 Å². The van der Waals surface area contributed by atoms with Crippen molar-refractivity contribution in [3.63, 3.8) is 0 Å². The number of nitrogens with one attached hydrogen (secondary N) is 1. The Morgan fingerprint density at radius 3 is 2.67 bits per heavy atom. The number of hydrogen-bond donors (Lipinski definition) is 1. The number of methoxy groups -OCH3 is 1. The largest absolute Gasteiger partial charge is 0.493 e. The summed E-state index contributed by atoms with van der Waals surface area (Å²) in [7, 11) is 1.67. The molecule has 114 valence electrons. The first-order valence-electron chi connectivity index (χ1n) is 7.35. The zero-order valence-electron chi connectivity index (χ0n) is 12.9. The van der Waals surface area contributed by atoms with Crippen molar-refractivity contribution in [3.8, 4) is 11.5 Å². The summed E-state index contributed by atoms with van der Waals surface area (Å²) in [6.07, 6.45) is 1.08. The van der Waals surface area contributed by atoms with Gasteiger partial charge in [0.25, 0.3) is 0 Å². The number of benzene rings is 1. The summed E-state index contributed by atoms with van der Waals surface area (Å²) in [5, 5.41) is 5.73. The quantitative estimate of drug-likeness (QED) is 0.784. The van der Waals surface area contributed by atoms with E-state index in [9.17, 15) is 0 Å². The standard InChI is InChI=1S/C17H23NO2S/c1-4-14(17-7-6-10-21-17)18-12-13-8-9-15(19-3)16(11-13)20-5-2/h6-11,14,18H,4-5,12H2,1-3H3. The fraction of sp³-hybridized carbons (Fsp3) is 0.412. The van der Waals surface area contributed by atoms with Gasteiger partial charge in [0.2, 0.25) is 0 Å². The molecule has 1 atom stereocenters. The number of hydrogen-bond acceptors (Lipinski definition) is 4. The highest BCUT2D eigenvalue weighted by molar-refractivity contribution is 7.10. The molecule has 0 aliphatic rings. The third kappa shape index (κ3) is 4.22. The molecular formula is C17H23NO2S. The molecule has 21 heavy (non-hydrogen) atoms. The van der Waals surface area contributed by atoms with E-state index in [2.05, 4.69) is 41.9 Å². The van der Waals surface area contributed by atoms with Gasteiger partial charge < -0.3 is 14.8 Å². The molecule has 1 heterocycles. The molecule has 1 aromatic carbocycles. The van der Waals surface area contributed by atoms with E-state index in [1.807, 2.05) is 13.0 Å². The van der Waals surface area contributed by atoms with E-state index < -0.39 is 0 Å². The molecule has 0 amide bonds. The molecule has 0 bridgehead atoms. The fourth-order valence-corrected chi connectivity index (χ4v) is 3.16. The highest BCUT2D eigenvalue weighted by Gasteiger charge is 2.11. The molecule has 4 heteroatoms. The van der Waals surface area contributed by atoms with E-state index >= 15 is 0 Å². The number of thiophene rings is 1. The minimum absolute atomic E-state index is 0.405. The molecule has 0 fully saturated rings. The Hall–Kier alpha value is -1.52. The van der Waals surface area contributed by atoms with Crippen LogP contribution in [0.1, 0.15) is 36.8 Å². The molecule has 1 unspecified atom stereocenters. The van der Waals surface area contributed by atoms with Gasteiger partial charge in [0.15, 0.2) is 11.5 Å². The van der Waals surface area contributed by atoms with Gasteiger partial charge in [-0.2, -0.15) is 0 Å². The third-order valence-electron chi connectivity index (χ3n) is 3.38. The second kappa shape index (κ2) is 8.05. The predicted molar refractivity (Wildman–Crippen MR) is 88.4 cm³/mol. The van der Waals surface area contributed by atoms with Gasteiger partial charge in [-0.3, -0.25) is 0 Å². The van der Waals surface area contributed by atoms with Gasteiger partial charge in [-0.05, 0) is 42.5 Å². The molecule has 3 nitrogen and oxygen atoms in total. The predicted octanol–water partition coefficient (Wildman–Crippen LogP) is 4.40. The molecule has 0 radical (unpaired) electrons. The van der Waals surface area contributed by atoms with Gasteiger partial charge in [-0.15, -0.1) is 11.3 Å². The highest BCUT2D eigenvalue weighted by atomic mass is 32.1. The van der Waals surface area contributed by atoms with E-state index in [0.717, 1.165) is 24.5 Å². The molecule has 0 saturated carbocycles. The Morgan fingerprint density at radius 1 is 1.19 bits per heavy atom. The van der Waals surface area contributed by atoms with Crippen molar-refractivity contribution in [2.75, 3.05) is 13.7 Å². The van der Waals surface area contributed by atoms with Crippen LogP contribution in [0.25, 0.3) is 0 Å². The first-order chi connectivity index (χ1) is 10.3. The van der Waals surface area contributed by atoms with Crippen molar-refractivity contribution >= 4 is 11.3 Å². The smallest absolute Gasteiger partial charge is 0.161 e. The van der Waals surface area contributed by atoms with Crippen molar-refractivity contribution in [2.24, 2.45) is 0 Å². The van der Waals surface area contributed by atoms with E-state index in [1.54, 1.807) is 18.4 Å². The monoisotopic (exact) mass is 305 g/mol. The average Bonchev–Trinajstić information content (AvgIpc) is 3.03. The minimum Gasteiger partial charge on any atom is -0.493 e. The molecule has 1 aromatic heterocycles. The molecule has 2 aromatic rings. The topological polar surface area (TPSA) is 30.5 Å². The van der Waals surface area contributed by atoms with Crippen LogP contribution in [0.2, 0.25) is 0 Å². The highest BCUT2D eigenvalue weighted by Crippen LogP contribution is 2.28. The zero-order chi connectivity index (χ0) is 15.1. The van der Waals surface area contributed by atoms with Crippen molar-refractivity contribution < 1.29 is 9.47 Å². The van der Waals surface area contributed by atoms with Crippen LogP contribution in [-0.2, 0) is 6.54 Å². The maximum Gasteiger partial charge on any atom is 0.161 e. The molecule has 0 aliphatic heterocycles. The Kier molecular flexibility index (Phi) is 6.08. The van der Waals surface area contributed by atoms with E-state index in [0.29, 0.717) is 12.6 Å². The van der Waals surface area contributed by atoms with Gasteiger partial charge >= 0.3 is 0 Å². The molecule has 0 saturated heterocycles. The molecular weight excluding hydrogens is 282 g/mol. The summed E-state index contributed by atoms with van der Waals surface area (Å²) in [6, 6.07) is 10.8. The normalized spacial score (nSPS) is 12.1. The van der Waals surface area contributed by atoms with Crippen molar-refractivity contribution in [1.82, 2.24) is 5.32 Å². The van der Waals surface area contributed by atoms with Crippen LogP contribution in [0, 0.1) is 0 Å². The average molecular weight is 305 g/mol. The minimum atomic E-state index is 0.405. The van der Waals surface area contributed by atoms with Gasteiger partial charge in [0, 0.05) is 17.5 Å². The van der Waals surface area contributed by atoms with Crippen LogP contribution >= 0.6 is 11.3 Å². The van der Waals surface area contributed by atoms with Crippen LogP contribution in [0.15, 0.2) is 35.7 Å². The summed E-state index contributed by atoms with van der Waals surface area (Å²) in [6.45, 7) is 5.64. The van der Waals surface area contributed by atoms with Crippen molar-refractivity contribution in [1.29, 1.82) is 0 Å². The van der Waals surface area contributed by atoms with Crippen LogP contribution in [0.3, 0.4) is 0 Å². The maximum atomic E-state index is 5.62. The third-order valence-corrected chi connectivity index (χ3v) is 4.36. The lowest BCUT2D eigenvalue weighted by molar-refractivity contribution is 0.310. The van der Waals surface area contributed by atoms with Gasteiger partial charge in [0.1, 0.15) is 0 Å². The molecule has 0 aliphatic carbocycles. The van der Waals surface area contributed by atoms with Crippen LogP contribution < -0.4 is 14.8 Å². The summed E-state index contributed by atoms with van der Waals surface area (Å²) >= 11 is 1.80. The lowest BCUT2D eigenvalue weighted by atomic mass is 10.1. The lowest BCUT2D eigenvalue weighted by Gasteiger charge is -2.16. The lowest BCUT2D eigenvalue weighted by Crippen LogP contribution is -2.19.